The fraction of sp³-hybridized carbons (Fsp3) is 0.308. The third-order valence-electron chi connectivity index (χ3n) is 5.57. The highest BCUT2D eigenvalue weighted by molar-refractivity contribution is 9.10. The molecule has 0 spiro atoms. The molecule has 1 N–H and O–H groups in total. The first-order chi connectivity index (χ1) is 16.5. The number of rotatable bonds is 9. The molecule has 3 aromatic carbocycles. The van der Waals surface area contributed by atoms with Crippen molar-refractivity contribution < 1.29 is 18.6 Å². The number of morpholine rings is 1. The van der Waals surface area contributed by atoms with Crippen molar-refractivity contribution in [3.63, 3.8) is 0 Å². The molecule has 1 heterocycles. The molecule has 8 heteroatoms. The summed E-state index contributed by atoms with van der Waals surface area (Å²) in [6.45, 7) is 6.35. The van der Waals surface area contributed by atoms with Crippen LogP contribution in [0.1, 0.15) is 18.1 Å². The zero-order valence-corrected chi connectivity index (χ0v) is 21.3. The largest absolute Gasteiger partial charge is 0.490 e. The van der Waals surface area contributed by atoms with Gasteiger partial charge in [-0.15, -0.1) is 0 Å². The number of anilines is 2. The van der Waals surface area contributed by atoms with Crippen LogP contribution in [0.2, 0.25) is 5.02 Å². The number of nitrogens with one attached hydrogen (secondary N) is 1. The van der Waals surface area contributed by atoms with Crippen LogP contribution in [0.5, 0.6) is 11.5 Å². The van der Waals surface area contributed by atoms with Gasteiger partial charge in [0.15, 0.2) is 11.5 Å². The summed E-state index contributed by atoms with van der Waals surface area (Å²) in [6, 6.07) is 16.8. The number of ether oxygens (including phenoxy) is 3. The van der Waals surface area contributed by atoms with Crippen LogP contribution in [0.3, 0.4) is 0 Å². The van der Waals surface area contributed by atoms with Gasteiger partial charge in [-0.2, -0.15) is 0 Å². The van der Waals surface area contributed by atoms with E-state index in [4.69, 9.17) is 25.8 Å². The molecular formula is C26H27BrClFN2O3. The molecule has 0 atom stereocenters. The van der Waals surface area contributed by atoms with E-state index in [9.17, 15) is 4.39 Å². The molecule has 3 aromatic rings. The van der Waals surface area contributed by atoms with Crippen molar-refractivity contribution >= 4 is 38.9 Å². The molecule has 0 radical (unpaired) electrons. The van der Waals surface area contributed by atoms with Crippen LogP contribution < -0.4 is 19.7 Å². The van der Waals surface area contributed by atoms with Crippen LogP contribution in [0, 0.1) is 5.82 Å². The van der Waals surface area contributed by atoms with Crippen molar-refractivity contribution in [3.05, 3.63) is 81.0 Å². The molecule has 0 aromatic heterocycles. The zero-order chi connectivity index (χ0) is 23.9. The van der Waals surface area contributed by atoms with Gasteiger partial charge in [0.1, 0.15) is 12.4 Å². The number of hydrogen-bond acceptors (Lipinski definition) is 5. The summed E-state index contributed by atoms with van der Waals surface area (Å²) < 4.78 is 32.1. The Morgan fingerprint density at radius 2 is 1.79 bits per heavy atom. The number of halogens is 3. The van der Waals surface area contributed by atoms with Crippen molar-refractivity contribution in [2.24, 2.45) is 0 Å². The Labute approximate surface area is 212 Å². The molecule has 5 nitrogen and oxygen atoms in total. The number of hydrogen-bond donors (Lipinski definition) is 1. The smallest absolute Gasteiger partial charge is 0.162 e. The zero-order valence-electron chi connectivity index (χ0n) is 19.0. The summed E-state index contributed by atoms with van der Waals surface area (Å²) in [5, 5.41) is 3.79. The summed E-state index contributed by atoms with van der Waals surface area (Å²) in [4.78, 5) is 2.32. The lowest BCUT2D eigenvalue weighted by Crippen LogP contribution is -2.36. The van der Waals surface area contributed by atoms with Gasteiger partial charge in [-0.05, 0) is 61.0 Å². The summed E-state index contributed by atoms with van der Waals surface area (Å²) in [6.07, 6.45) is 0. The molecule has 1 saturated heterocycles. The molecule has 0 amide bonds. The second-order valence-electron chi connectivity index (χ2n) is 7.81. The maximum atomic E-state index is 14.1. The fourth-order valence-electron chi connectivity index (χ4n) is 3.72. The van der Waals surface area contributed by atoms with Gasteiger partial charge < -0.3 is 24.4 Å². The maximum absolute atomic E-state index is 14.1. The minimum atomic E-state index is -0.398. The minimum absolute atomic E-state index is 0.00507. The molecule has 4 rings (SSSR count). The summed E-state index contributed by atoms with van der Waals surface area (Å²) in [5.74, 6) is 0.717. The predicted octanol–water partition coefficient (Wildman–Crippen LogP) is 6.67. The van der Waals surface area contributed by atoms with Crippen LogP contribution in [0.15, 0.2) is 59.1 Å². The molecule has 34 heavy (non-hydrogen) atoms. The Morgan fingerprint density at radius 3 is 2.50 bits per heavy atom. The summed E-state index contributed by atoms with van der Waals surface area (Å²) >= 11 is 9.76. The van der Waals surface area contributed by atoms with Crippen molar-refractivity contribution in [2.45, 2.75) is 20.1 Å². The molecule has 1 fully saturated rings. The van der Waals surface area contributed by atoms with E-state index in [-0.39, 0.29) is 6.61 Å². The van der Waals surface area contributed by atoms with Gasteiger partial charge in [-0.1, -0.05) is 33.6 Å². The first-order valence-electron chi connectivity index (χ1n) is 11.2. The van der Waals surface area contributed by atoms with Gasteiger partial charge in [-0.25, -0.2) is 4.39 Å². The SMILES string of the molecule is CCOc1cc(CNc2ccc(N3CCOCC3)cc2)c(Br)cc1OCc1c(F)cccc1Cl. The Hall–Kier alpha value is -2.48. The molecular weight excluding hydrogens is 523 g/mol. The average Bonchev–Trinajstić information content (AvgIpc) is 2.85. The Balaban J connectivity index is 1.43. The first kappa shape index (κ1) is 24.6. The molecule has 0 aliphatic carbocycles. The van der Waals surface area contributed by atoms with E-state index >= 15 is 0 Å². The van der Waals surface area contributed by atoms with Crippen LogP contribution in [-0.2, 0) is 17.9 Å². The molecule has 180 valence electrons. The van der Waals surface area contributed by atoms with Gasteiger partial charge >= 0.3 is 0 Å². The lowest BCUT2D eigenvalue weighted by atomic mass is 10.1. The lowest BCUT2D eigenvalue weighted by molar-refractivity contribution is 0.122. The molecule has 0 saturated carbocycles. The molecule has 0 unspecified atom stereocenters. The fourth-order valence-corrected chi connectivity index (χ4v) is 4.40. The van der Waals surface area contributed by atoms with E-state index in [1.165, 1.54) is 11.8 Å². The second kappa shape index (κ2) is 11.8. The van der Waals surface area contributed by atoms with Crippen molar-refractivity contribution in [3.8, 4) is 11.5 Å². The Kier molecular flexibility index (Phi) is 8.53. The quantitative estimate of drug-likeness (QED) is 0.323. The van der Waals surface area contributed by atoms with Crippen molar-refractivity contribution in [1.29, 1.82) is 0 Å². The van der Waals surface area contributed by atoms with Crippen molar-refractivity contribution in [2.75, 3.05) is 43.1 Å². The van der Waals surface area contributed by atoms with Gasteiger partial charge in [0.25, 0.3) is 0 Å². The van der Waals surface area contributed by atoms with Crippen LogP contribution in [0.25, 0.3) is 0 Å². The van der Waals surface area contributed by atoms with Crippen molar-refractivity contribution in [1.82, 2.24) is 0 Å². The highest BCUT2D eigenvalue weighted by Crippen LogP contribution is 2.35. The van der Waals surface area contributed by atoms with Crippen LogP contribution >= 0.6 is 27.5 Å². The maximum Gasteiger partial charge on any atom is 0.162 e. The minimum Gasteiger partial charge on any atom is -0.490 e. The van der Waals surface area contributed by atoms with E-state index in [0.717, 1.165) is 42.0 Å². The van der Waals surface area contributed by atoms with E-state index in [1.807, 2.05) is 19.1 Å². The van der Waals surface area contributed by atoms with E-state index < -0.39 is 5.82 Å². The van der Waals surface area contributed by atoms with Gasteiger partial charge in [0, 0.05) is 41.0 Å². The first-order valence-corrected chi connectivity index (χ1v) is 12.4. The van der Waals surface area contributed by atoms with Gasteiger partial charge in [-0.3, -0.25) is 0 Å². The van der Waals surface area contributed by atoms with E-state index in [0.29, 0.717) is 35.2 Å². The number of nitrogens with zero attached hydrogens (tertiary/aromatic N) is 1. The lowest BCUT2D eigenvalue weighted by Gasteiger charge is -2.29. The van der Waals surface area contributed by atoms with E-state index in [1.54, 1.807) is 12.1 Å². The normalized spacial score (nSPS) is 13.6. The average molecular weight is 550 g/mol. The standard InChI is InChI=1S/C26H27BrClFN2O3/c1-2-33-25-14-18(16-30-19-6-8-20(9-7-19)31-10-12-32-13-11-31)22(27)15-26(25)34-17-21-23(28)4-3-5-24(21)29/h3-9,14-15,30H,2,10-13,16-17H2,1H3. The third-order valence-corrected chi connectivity index (χ3v) is 6.67. The predicted molar refractivity (Wildman–Crippen MR) is 138 cm³/mol. The second-order valence-corrected chi connectivity index (χ2v) is 9.07. The summed E-state index contributed by atoms with van der Waals surface area (Å²) in [7, 11) is 0. The molecule has 1 aliphatic rings. The van der Waals surface area contributed by atoms with Gasteiger partial charge in [0.05, 0.1) is 24.8 Å². The Morgan fingerprint density at radius 1 is 1.06 bits per heavy atom. The van der Waals surface area contributed by atoms with E-state index in [2.05, 4.69) is 50.4 Å². The molecule has 0 bridgehead atoms. The molecule has 1 aliphatic heterocycles. The number of benzene rings is 3. The third kappa shape index (κ3) is 6.14. The summed E-state index contributed by atoms with van der Waals surface area (Å²) in [5.41, 5.74) is 3.55. The van der Waals surface area contributed by atoms with Crippen LogP contribution in [-0.4, -0.2) is 32.9 Å². The topological polar surface area (TPSA) is 43.0 Å². The monoisotopic (exact) mass is 548 g/mol. The van der Waals surface area contributed by atoms with Gasteiger partial charge in [0.2, 0.25) is 0 Å². The van der Waals surface area contributed by atoms with Crippen LogP contribution in [0.4, 0.5) is 15.8 Å². The highest BCUT2D eigenvalue weighted by Gasteiger charge is 2.14. The highest BCUT2D eigenvalue weighted by atomic mass is 79.9. The Bertz CT molecular complexity index is 1090.